The van der Waals surface area contributed by atoms with E-state index in [0.29, 0.717) is 5.92 Å². The molecule has 0 bridgehead atoms. The highest BCUT2D eigenvalue weighted by molar-refractivity contribution is 5.18. The maximum absolute atomic E-state index is 2.42. The fraction of sp³-hybridized carbons (Fsp3) is 0.667. The van der Waals surface area contributed by atoms with Gasteiger partial charge in [-0.15, -0.1) is 0 Å². The molecule has 0 aliphatic rings. The van der Waals surface area contributed by atoms with E-state index in [1.54, 1.807) is 0 Å². The molecule has 18 heavy (non-hydrogen) atoms. The average molecular weight is 246 g/mol. The molecule has 0 saturated heterocycles. The van der Waals surface area contributed by atoms with Crippen LogP contribution in [0.15, 0.2) is 30.3 Å². The van der Waals surface area contributed by atoms with Crippen LogP contribution in [-0.2, 0) is 0 Å². The summed E-state index contributed by atoms with van der Waals surface area (Å²) in [6.45, 7) is 9.48. The highest BCUT2D eigenvalue weighted by atomic mass is 14.2. The van der Waals surface area contributed by atoms with Gasteiger partial charge in [-0.3, -0.25) is 0 Å². The maximum atomic E-state index is 2.42. The van der Waals surface area contributed by atoms with E-state index in [1.165, 1.54) is 37.7 Å². The quantitative estimate of drug-likeness (QED) is 0.525. The van der Waals surface area contributed by atoms with Crippen molar-refractivity contribution >= 4 is 0 Å². The Kier molecular flexibility index (Phi) is 7.08. The molecule has 0 heterocycles. The summed E-state index contributed by atoms with van der Waals surface area (Å²) in [7, 11) is 0. The normalized spacial score (nSPS) is 16.2. The SMILES string of the molecule is CCCCC(C)CC(C)CC(C)c1ccccc1. The van der Waals surface area contributed by atoms with E-state index < -0.39 is 0 Å². The zero-order chi connectivity index (χ0) is 13.4. The van der Waals surface area contributed by atoms with Gasteiger partial charge in [0.15, 0.2) is 0 Å². The van der Waals surface area contributed by atoms with Crippen molar-refractivity contribution in [2.75, 3.05) is 0 Å². The molecule has 1 aromatic rings. The van der Waals surface area contributed by atoms with E-state index in [2.05, 4.69) is 58.0 Å². The van der Waals surface area contributed by atoms with Crippen LogP contribution in [0.4, 0.5) is 0 Å². The monoisotopic (exact) mass is 246 g/mol. The Hall–Kier alpha value is -0.780. The van der Waals surface area contributed by atoms with Crippen LogP contribution in [0.2, 0.25) is 0 Å². The molecule has 0 heteroatoms. The fourth-order valence-electron chi connectivity index (χ4n) is 2.97. The van der Waals surface area contributed by atoms with E-state index in [9.17, 15) is 0 Å². The second kappa shape index (κ2) is 8.34. The predicted octanol–water partition coefficient (Wildman–Crippen LogP) is 6.03. The molecular weight excluding hydrogens is 216 g/mol. The Morgan fingerprint density at radius 1 is 0.889 bits per heavy atom. The van der Waals surface area contributed by atoms with Gasteiger partial charge in [0.05, 0.1) is 0 Å². The molecule has 0 nitrogen and oxygen atoms in total. The first-order valence-corrected chi connectivity index (χ1v) is 7.68. The lowest BCUT2D eigenvalue weighted by atomic mass is 9.85. The highest BCUT2D eigenvalue weighted by Gasteiger charge is 2.13. The van der Waals surface area contributed by atoms with Crippen molar-refractivity contribution < 1.29 is 0 Å². The Balaban J connectivity index is 2.33. The molecule has 102 valence electrons. The summed E-state index contributed by atoms with van der Waals surface area (Å²) in [4.78, 5) is 0. The zero-order valence-corrected chi connectivity index (χ0v) is 12.7. The first-order chi connectivity index (χ1) is 8.63. The Morgan fingerprint density at radius 2 is 1.56 bits per heavy atom. The summed E-state index contributed by atoms with van der Waals surface area (Å²) in [6.07, 6.45) is 6.83. The first-order valence-electron chi connectivity index (χ1n) is 7.68. The second-order valence-electron chi connectivity index (χ2n) is 6.14. The third-order valence-electron chi connectivity index (χ3n) is 3.98. The standard InChI is InChI=1S/C18H30/c1-5-6-10-15(2)13-16(3)14-17(4)18-11-8-7-9-12-18/h7-9,11-12,15-17H,5-6,10,13-14H2,1-4H3. The highest BCUT2D eigenvalue weighted by Crippen LogP contribution is 2.27. The van der Waals surface area contributed by atoms with E-state index in [1.807, 2.05) is 0 Å². The van der Waals surface area contributed by atoms with E-state index >= 15 is 0 Å². The predicted molar refractivity (Wildman–Crippen MR) is 81.9 cm³/mol. The maximum Gasteiger partial charge on any atom is -0.0188 e. The Bertz CT molecular complexity index is 301. The molecule has 3 unspecified atom stereocenters. The summed E-state index contributed by atoms with van der Waals surface area (Å²) < 4.78 is 0. The minimum absolute atomic E-state index is 0.694. The minimum Gasteiger partial charge on any atom is -0.0654 e. The fourth-order valence-corrected chi connectivity index (χ4v) is 2.97. The molecule has 1 rings (SSSR count). The third-order valence-corrected chi connectivity index (χ3v) is 3.98. The van der Waals surface area contributed by atoms with Gasteiger partial charge in [0.1, 0.15) is 0 Å². The molecule has 0 N–H and O–H groups in total. The lowest BCUT2D eigenvalue weighted by molar-refractivity contribution is 0.356. The molecule has 1 aromatic carbocycles. The molecular formula is C18H30. The van der Waals surface area contributed by atoms with Gasteiger partial charge in [0.25, 0.3) is 0 Å². The lowest BCUT2D eigenvalue weighted by Gasteiger charge is -2.21. The van der Waals surface area contributed by atoms with Crippen molar-refractivity contribution in [1.82, 2.24) is 0 Å². The van der Waals surface area contributed by atoms with Crippen LogP contribution in [0.1, 0.15) is 71.3 Å². The summed E-state index contributed by atoms with van der Waals surface area (Å²) in [6, 6.07) is 10.9. The summed E-state index contributed by atoms with van der Waals surface area (Å²) in [5.41, 5.74) is 1.49. The van der Waals surface area contributed by atoms with Crippen molar-refractivity contribution in [2.45, 2.75) is 65.7 Å². The summed E-state index contributed by atoms with van der Waals surface area (Å²) >= 11 is 0. The van der Waals surface area contributed by atoms with Crippen LogP contribution in [0.3, 0.4) is 0 Å². The van der Waals surface area contributed by atoms with Crippen LogP contribution in [0.5, 0.6) is 0 Å². The number of hydrogen-bond donors (Lipinski definition) is 0. The molecule has 0 fully saturated rings. The molecule has 0 aliphatic heterocycles. The molecule has 0 spiro atoms. The number of benzene rings is 1. The van der Waals surface area contributed by atoms with E-state index in [-0.39, 0.29) is 0 Å². The summed E-state index contributed by atoms with van der Waals surface area (Å²) in [5.74, 6) is 2.43. The van der Waals surface area contributed by atoms with Crippen LogP contribution >= 0.6 is 0 Å². The molecule has 0 aliphatic carbocycles. The van der Waals surface area contributed by atoms with Gasteiger partial charge >= 0.3 is 0 Å². The van der Waals surface area contributed by atoms with E-state index in [0.717, 1.165) is 11.8 Å². The van der Waals surface area contributed by atoms with Gasteiger partial charge in [-0.25, -0.2) is 0 Å². The number of unbranched alkanes of at least 4 members (excludes halogenated alkanes) is 1. The zero-order valence-electron chi connectivity index (χ0n) is 12.7. The van der Waals surface area contributed by atoms with Crippen LogP contribution in [0, 0.1) is 11.8 Å². The van der Waals surface area contributed by atoms with Gasteiger partial charge in [0, 0.05) is 0 Å². The second-order valence-corrected chi connectivity index (χ2v) is 6.14. The van der Waals surface area contributed by atoms with Crippen LogP contribution < -0.4 is 0 Å². The largest absolute Gasteiger partial charge is 0.0654 e. The number of rotatable bonds is 8. The third kappa shape index (κ3) is 5.71. The molecule has 0 saturated carbocycles. The Labute approximate surface area is 114 Å². The van der Waals surface area contributed by atoms with Crippen LogP contribution in [0.25, 0.3) is 0 Å². The van der Waals surface area contributed by atoms with Crippen molar-refractivity contribution in [3.8, 4) is 0 Å². The molecule has 0 radical (unpaired) electrons. The number of hydrogen-bond acceptors (Lipinski definition) is 0. The van der Waals surface area contributed by atoms with Gasteiger partial charge in [-0.2, -0.15) is 0 Å². The summed E-state index contributed by atoms with van der Waals surface area (Å²) in [5, 5.41) is 0. The van der Waals surface area contributed by atoms with Crippen molar-refractivity contribution in [2.24, 2.45) is 11.8 Å². The van der Waals surface area contributed by atoms with Crippen molar-refractivity contribution in [3.63, 3.8) is 0 Å². The first kappa shape index (κ1) is 15.3. The van der Waals surface area contributed by atoms with Gasteiger partial charge < -0.3 is 0 Å². The van der Waals surface area contributed by atoms with Crippen molar-refractivity contribution in [1.29, 1.82) is 0 Å². The smallest absolute Gasteiger partial charge is 0.0188 e. The van der Waals surface area contributed by atoms with Gasteiger partial charge in [0.2, 0.25) is 0 Å². The molecule has 0 amide bonds. The van der Waals surface area contributed by atoms with Crippen molar-refractivity contribution in [3.05, 3.63) is 35.9 Å². The average Bonchev–Trinajstić information content (AvgIpc) is 2.37. The van der Waals surface area contributed by atoms with E-state index in [4.69, 9.17) is 0 Å². The lowest BCUT2D eigenvalue weighted by Crippen LogP contribution is -2.07. The van der Waals surface area contributed by atoms with Gasteiger partial charge in [-0.1, -0.05) is 77.3 Å². The minimum atomic E-state index is 0.694. The molecule has 3 atom stereocenters. The van der Waals surface area contributed by atoms with Crippen LogP contribution in [-0.4, -0.2) is 0 Å². The molecule has 0 aromatic heterocycles. The van der Waals surface area contributed by atoms with Gasteiger partial charge in [-0.05, 0) is 36.2 Å². The Morgan fingerprint density at radius 3 is 2.17 bits per heavy atom. The topological polar surface area (TPSA) is 0 Å².